The standard InChI is InChI=1S/C20H28N6O/c1-24-14-10-22-19(20(24)27)26-11-4-5-17(15-26)23-16-7-12-25(13-8-16)18-6-2-3-9-21-18/h2-3,6,9-10,14,16-17,23H,4-5,7-8,11-13,15H2,1H3/t17-/m1/s1. The molecule has 1 N–H and O–H groups in total. The molecule has 27 heavy (non-hydrogen) atoms. The van der Waals surface area contributed by atoms with Gasteiger partial charge in [0.2, 0.25) is 0 Å². The number of anilines is 2. The highest BCUT2D eigenvalue weighted by Crippen LogP contribution is 2.20. The molecule has 0 aromatic carbocycles. The Kier molecular flexibility index (Phi) is 5.38. The van der Waals surface area contributed by atoms with E-state index < -0.39 is 0 Å². The Bertz CT molecular complexity index is 800. The van der Waals surface area contributed by atoms with Gasteiger partial charge in [0.25, 0.3) is 5.56 Å². The number of hydrogen-bond donors (Lipinski definition) is 1. The van der Waals surface area contributed by atoms with Gasteiger partial charge in [-0.1, -0.05) is 6.07 Å². The highest BCUT2D eigenvalue weighted by Gasteiger charge is 2.27. The molecule has 2 aliphatic heterocycles. The molecular formula is C20H28N6O. The predicted molar refractivity (Wildman–Crippen MR) is 107 cm³/mol. The fourth-order valence-corrected chi connectivity index (χ4v) is 4.16. The van der Waals surface area contributed by atoms with Crippen LogP contribution in [-0.2, 0) is 7.05 Å². The van der Waals surface area contributed by atoms with Gasteiger partial charge in [-0.15, -0.1) is 0 Å². The summed E-state index contributed by atoms with van der Waals surface area (Å²) >= 11 is 0. The average Bonchev–Trinajstić information content (AvgIpc) is 2.71. The third-order valence-corrected chi connectivity index (χ3v) is 5.66. The molecule has 0 saturated carbocycles. The van der Waals surface area contributed by atoms with Crippen LogP contribution < -0.4 is 20.7 Å². The van der Waals surface area contributed by atoms with Crippen LogP contribution in [0.5, 0.6) is 0 Å². The minimum absolute atomic E-state index is 0.0122. The maximum Gasteiger partial charge on any atom is 0.293 e. The first-order chi connectivity index (χ1) is 13.2. The molecule has 4 rings (SSSR count). The van der Waals surface area contributed by atoms with E-state index in [0.717, 1.165) is 57.7 Å². The Morgan fingerprint density at radius 3 is 2.63 bits per heavy atom. The summed E-state index contributed by atoms with van der Waals surface area (Å²) in [5, 5.41) is 3.84. The Hall–Kier alpha value is -2.41. The van der Waals surface area contributed by atoms with Crippen molar-refractivity contribution in [3.8, 4) is 0 Å². The van der Waals surface area contributed by atoms with E-state index in [9.17, 15) is 4.79 Å². The largest absolute Gasteiger partial charge is 0.357 e. The van der Waals surface area contributed by atoms with Crippen molar-refractivity contribution in [2.24, 2.45) is 7.05 Å². The fourth-order valence-electron chi connectivity index (χ4n) is 4.16. The van der Waals surface area contributed by atoms with Crippen molar-refractivity contribution in [2.45, 2.75) is 37.8 Å². The number of aromatic nitrogens is 3. The lowest BCUT2D eigenvalue weighted by Gasteiger charge is -2.38. The van der Waals surface area contributed by atoms with Gasteiger partial charge in [0, 0.05) is 63.9 Å². The van der Waals surface area contributed by atoms with E-state index in [2.05, 4.69) is 31.2 Å². The van der Waals surface area contributed by atoms with Gasteiger partial charge in [0.1, 0.15) is 5.82 Å². The van der Waals surface area contributed by atoms with Crippen molar-refractivity contribution in [3.05, 3.63) is 47.1 Å². The SMILES string of the molecule is Cn1ccnc(N2CCC[C@@H](NC3CCN(c4ccccn4)CC3)C2)c1=O. The lowest BCUT2D eigenvalue weighted by atomic mass is 10.00. The monoisotopic (exact) mass is 368 g/mol. The molecule has 7 nitrogen and oxygen atoms in total. The van der Waals surface area contributed by atoms with Gasteiger partial charge in [-0.2, -0.15) is 0 Å². The first-order valence-electron chi connectivity index (χ1n) is 9.89. The van der Waals surface area contributed by atoms with Crippen molar-refractivity contribution in [3.63, 3.8) is 0 Å². The Labute approximate surface area is 160 Å². The summed E-state index contributed by atoms with van der Waals surface area (Å²) in [6.07, 6.45) is 9.77. The summed E-state index contributed by atoms with van der Waals surface area (Å²) in [5.41, 5.74) is -0.0122. The highest BCUT2D eigenvalue weighted by atomic mass is 16.1. The van der Waals surface area contributed by atoms with E-state index in [4.69, 9.17) is 0 Å². The summed E-state index contributed by atoms with van der Waals surface area (Å²) in [7, 11) is 1.78. The van der Waals surface area contributed by atoms with Crippen molar-refractivity contribution in [2.75, 3.05) is 36.0 Å². The highest BCUT2D eigenvalue weighted by molar-refractivity contribution is 5.38. The topological polar surface area (TPSA) is 66.3 Å². The van der Waals surface area contributed by atoms with Gasteiger partial charge in [-0.3, -0.25) is 4.79 Å². The molecule has 4 heterocycles. The molecule has 2 fully saturated rings. The molecule has 1 atom stereocenters. The van der Waals surface area contributed by atoms with Crippen LogP contribution in [0.2, 0.25) is 0 Å². The number of hydrogen-bond acceptors (Lipinski definition) is 6. The van der Waals surface area contributed by atoms with E-state index in [1.165, 1.54) is 0 Å². The second-order valence-corrected chi connectivity index (χ2v) is 7.57. The molecule has 0 radical (unpaired) electrons. The van der Waals surface area contributed by atoms with Crippen LogP contribution in [0.25, 0.3) is 0 Å². The molecule has 2 saturated heterocycles. The summed E-state index contributed by atoms with van der Waals surface area (Å²) in [4.78, 5) is 25.7. The first-order valence-corrected chi connectivity index (χ1v) is 9.89. The van der Waals surface area contributed by atoms with E-state index in [1.54, 1.807) is 24.0 Å². The fraction of sp³-hybridized carbons (Fsp3) is 0.550. The Morgan fingerprint density at radius 2 is 1.85 bits per heavy atom. The molecule has 0 aliphatic carbocycles. The van der Waals surface area contributed by atoms with E-state index in [0.29, 0.717) is 17.9 Å². The van der Waals surface area contributed by atoms with Crippen LogP contribution in [0.4, 0.5) is 11.6 Å². The number of aryl methyl sites for hydroxylation is 1. The molecule has 2 aromatic heterocycles. The molecular weight excluding hydrogens is 340 g/mol. The van der Waals surface area contributed by atoms with Gasteiger partial charge >= 0.3 is 0 Å². The summed E-state index contributed by atoms with van der Waals surface area (Å²) < 4.78 is 1.60. The smallest absolute Gasteiger partial charge is 0.293 e. The molecule has 2 aromatic rings. The molecule has 0 spiro atoms. The number of piperidine rings is 2. The second kappa shape index (κ2) is 8.08. The normalized spacial score (nSPS) is 21.4. The maximum atomic E-state index is 12.4. The molecule has 0 bridgehead atoms. The van der Waals surface area contributed by atoms with Crippen molar-refractivity contribution in [1.82, 2.24) is 19.9 Å². The third kappa shape index (κ3) is 4.13. The van der Waals surface area contributed by atoms with Crippen LogP contribution in [0.3, 0.4) is 0 Å². The summed E-state index contributed by atoms with van der Waals surface area (Å²) in [6.45, 7) is 3.83. The van der Waals surface area contributed by atoms with Gasteiger partial charge in [0.05, 0.1) is 0 Å². The van der Waals surface area contributed by atoms with Gasteiger partial charge < -0.3 is 19.7 Å². The molecule has 144 valence electrons. The van der Waals surface area contributed by atoms with E-state index >= 15 is 0 Å². The average molecular weight is 368 g/mol. The number of nitrogens with one attached hydrogen (secondary N) is 1. The van der Waals surface area contributed by atoms with Gasteiger partial charge in [0.15, 0.2) is 5.82 Å². The lowest BCUT2D eigenvalue weighted by molar-refractivity contribution is 0.332. The number of rotatable bonds is 4. The van der Waals surface area contributed by atoms with Crippen molar-refractivity contribution in [1.29, 1.82) is 0 Å². The summed E-state index contributed by atoms with van der Waals surface area (Å²) in [5.74, 6) is 1.65. The quantitative estimate of drug-likeness (QED) is 0.880. The number of nitrogens with zero attached hydrogens (tertiary/aromatic N) is 5. The van der Waals surface area contributed by atoms with E-state index in [-0.39, 0.29) is 5.56 Å². The van der Waals surface area contributed by atoms with Crippen LogP contribution >= 0.6 is 0 Å². The van der Waals surface area contributed by atoms with Crippen LogP contribution in [0.1, 0.15) is 25.7 Å². The van der Waals surface area contributed by atoms with Crippen LogP contribution in [-0.4, -0.2) is 52.8 Å². The van der Waals surface area contributed by atoms with Gasteiger partial charge in [-0.25, -0.2) is 9.97 Å². The Morgan fingerprint density at radius 1 is 1.00 bits per heavy atom. The minimum atomic E-state index is -0.0122. The van der Waals surface area contributed by atoms with Crippen LogP contribution in [0, 0.1) is 0 Å². The van der Waals surface area contributed by atoms with Gasteiger partial charge in [-0.05, 0) is 37.8 Å². The minimum Gasteiger partial charge on any atom is -0.357 e. The third-order valence-electron chi connectivity index (χ3n) is 5.66. The lowest BCUT2D eigenvalue weighted by Crippen LogP contribution is -2.53. The molecule has 0 unspecified atom stereocenters. The second-order valence-electron chi connectivity index (χ2n) is 7.57. The van der Waals surface area contributed by atoms with Crippen molar-refractivity contribution >= 4 is 11.6 Å². The zero-order chi connectivity index (χ0) is 18.6. The molecule has 0 amide bonds. The zero-order valence-corrected chi connectivity index (χ0v) is 15.9. The zero-order valence-electron chi connectivity index (χ0n) is 15.9. The maximum absolute atomic E-state index is 12.4. The Balaban J connectivity index is 1.32. The molecule has 2 aliphatic rings. The molecule has 7 heteroatoms. The first kappa shape index (κ1) is 18.0. The van der Waals surface area contributed by atoms with E-state index in [1.807, 2.05) is 18.3 Å². The number of pyridine rings is 1. The van der Waals surface area contributed by atoms with Crippen molar-refractivity contribution < 1.29 is 0 Å². The predicted octanol–water partition coefficient (Wildman–Crippen LogP) is 1.40. The van der Waals surface area contributed by atoms with Crippen LogP contribution in [0.15, 0.2) is 41.6 Å². The summed E-state index contributed by atoms with van der Waals surface area (Å²) in [6, 6.07) is 7.03.